The highest BCUT2D eigenvalue weighted by Crippen LogP contribution is 2.30. The quantitative estimate of drug-likeness (QED) is 0.855. The van der Waals surface area contributed by atoms with Gasteiger partial charge in [0.05, 0.1) is 5.75 Å². The minimum atomic E-state index is -3.33. The summed E-state index contributed by atoms with van der Waals surface area (Å²) in [6.45, 7) is 1.13. The van der Waals surface area contributed by atoms with Crippen molar-refractivity contribution in [3.8, 4) is 0 Å². The zero-order valence-electron chi connectivity index (χ0n) is 12.2. The SMILES string of the molecule is O=S(=O)(Cc1ccccc1Cl)N1CC[C@@H](c2ccccc2)C1. The van der Waals surface area contributed by atoms with E-state index < -0.39 is 10.0 Å². The van der Waals surface area contributed by atoms with E-state index in [0.717, 1.165) is 6.42 Å². The summed E-state index contributed by atoms with van der Waals surface area (Å²) in [5.41, 5.74) is 1.87. The topological polar surface area (TPSA) is 37.4 Å². The number of hydrogen-bond acceptors (Lipinski definition) is 2. The van der Waals surface area contributed by atoms with Crippen molar-refractivity contribution < 1.29 is 8.42 Å². The summed E-state index contributed by atoms with van der Waals surface area (Å²) in [5.74, 6) is 0.246. The van der Waals surface area contributed by atoms with Crippen LogP contribution in [-0.4, -0.2) is 25.8 Å². The molecular weight excluding hydrogens is 318 g/mol. The fraction of sp³-hybridized carbons (Fsp3) is 0.294. The molecule has 0 aromatic heterocycles. The van der Waals surface area contributed by atoms with E-state index in [1.54, 1.807) is 22.5 Å². The first-order valence-electron chi connectivity index (χ1n) is 7.32. The summed E-state index contributed by atoms with van der Waals surface area (Å²) < 4.78 is 26.8. The molecule has 0 aliphatic carbocycles. The van der Waals surface area contributed by atoms with Crippen molar-refractivity contribution in [2.45, 2.75) is 18.1 Å². The normalized spacial score (nSPS) is 19.4. The molecule has 1 aliphatic heterocycles. The summed E-state index contributed by atoms with van der Waals surface area (Å²) >= 11 is 6.08. The van der Waals surface area contributed by atoms with E-state index in [2.05, 4.69) is 12.1 Å². The second kappa shape index (κ2) is 6.41. The summed E-state index contributed by atoms with van der Waals surface area (Å²) in [6, 6.07) is 17.2. The van der Waals surface area contributed by atoms with Crippen LogP contribution in [0, 0.1) is 0 Å². The maximum atomic E-state index is 12.6. The van der Waals surface area contributed by atoms with Gasteiger partial charge in [-0.15, -0.1) is 0 Å². The highest BCUT2D eigenvalue weighted by Gasteiger charge is 2.32. The van der Waals surface area contributed by atoms with Crippen LogP contribution in [0.3, 0.4) is 0 Å². The summed E-state index contributed by atoms with van der Waals surface area (Å²) in [5, 5.41) is 0.505. The molecule has 5 heteroatoms. The van der Waals surface area contributed by atoms with Gasteiger partial charge in [0.15, 0.2) is 0 Å². The van der Waals surface area contributed by atoms with Crippen LogP contribution in [0.5, 0.6) is 0 Å². The van der Waals surface area contributed by atoms with Gasteiger partial charge in [-0.05, 0) is 29.5 Å². The minimum Gasteiger partial charge on any atom is -0.212 e. The van der Waals surface area contributed by atoms with Gasteiger partial charge in [-0.25, -0.2) is 12.7 Å². The van der Waals surface area contributed by atoms with Gasteiger partial charge in [0.1, 0.15) is 0 Å². The van der Waals surface area contributed by atoms with Crippen LogP contribution in [0.4, 0.5) is 0 Å². The molecule has 3 rings (SSSR count). The average Bonchev–Trinajstić information content (AvgIpc) is 3.01. The minimum absolute atomic E-state index is 0.0335. The first-order valence-corrected chi connectivity index (χ1v) is 9.31. The molecule has 22 heavy (non-hydrogen) atoms. The van der Waals surface area contributed by atoms with Crippen molar-refractivity contribution in [2.75, 3.05) is 13.1 Å². The molecule has 0 spiro atoms. The summed E-state index contributed by atoms with van der Waals surface area (Å²) in [7, 11) is -3.33. The molecule has 2 aromatic carbocycles. The number of sulfonamides is 1. The lowest BCUT2D eigenvalue weighted by atomic mass is 9.99. The Labute approximate surface area is 136 Å². The Balaban J connectivity index is 1.73. The van der Waals surface area contributed by atoms with Gasteiger partial charge < -0.3 is 0 Å². The van der Waals surface area contributed by atoms with E-state index in [1.807, 2.05) is 24.3 Å². The number of rotatable bonds is 4. The molecule has 3 nitrogen and oxygen atoms in total. The monoisotopic (exact) mass is 335 g/mol. The van der Waals surface area contributed by atoms with Crippen LogP contribution in [0.15, 0.2) is 54.6 Å². The van der Waals surface area contributed by atoms with Gasteiger partial charge >= 0.3 is 0 Å². The molecule has 0 radical (unpaired) electrons. The zero-order valence-corrected chi connectivity index (χ0v) is 13.7. The molecule has 116 valence electrons. The van der Waals surface area contributed by atoms with Crippen LogP contribution in [0.1, 0.15) is 23.5 Å². The highest BCUT2D eigenvalue weighted by atomic mass is 35.5. The summed E-state index contributed by atoms with van der Waals surface area (Å²) in [6.07, 6.45) is 0.867. The van der Waals surface area contributed by atoms with Crippen molar-refractivity contribution in [1.29, 1.82) is 0 Å². The molecule has 1 atom stereocenters. The van der Waals surface area contributed by atoms with Crippen molar-refractivity contribution in [3.63, 3.8) is 0 Å². The van der Waals surface area contributed by atoms with Crippen molar-refractivity contribution in [3.05, 3.63) is 70.7 Å². The Kier molecular flexibility index (Phi) is 4.52. The van der Waals surface area contributed by atoms with Crippen molar-refractivity contribution >= 4 is 21.6 Å². The maximum absolute atomic E-state index is 12.6. The van der Waals surface area contributed by atoms with Crippen LogP contribution in [0.2, 0.25) is 5.02 Å². The van der Waals surface area contributed by atoms with E-state index in [-0.39, 0.29) is 11.7 Å². The lowest BCUT2D eigenvalue weighted by molar-refractivity contribution is 0.472. The number of benzene rings is 2. The van der Waals surface area contributed by atoms with Crippen molar-refractivity contribution in [2.24, 2.45) is 0 Å². The van der Waals surface area contributed by atoms with E-state index in [4.69, 9.17) is 11.6 Å². The second-order valence-corrected chi connectivity index (χ2v) is 7.98. The third-order valence-electron chi connectivity index (χ3n) is 4.11. The van der Waals surface area contributed by atoms with E-state index in [9.17, 15) is 8.42 Å². The Morgan fingerprint density at radius 3 is 2.45 bits per heavy atom. The average molecular weight is 336 g/mol. The van der Waals surface area contributed by atoms with Gasteiger partial charge in [0.25, 0.3) is 0 Å². The van der Waals surface area contributed by atoms with E-state index in [1.165, 1.54) is 5.56 Å². The Bertz CT molecular complexity index is 746. The fourth-order valence-electron chi connectivity index (χ4n) is 2.88. The van der Waals surface area contributed by atoms with Crippen LogP contribution < -0.4 is 0 Å². The predicted molar refractivity (Wildman–Crippen MR) is 89.4 cm³/mol. The number of halogens is 1. The molecule has 0 saturated carbocycles. The molecule has 0 amide bonds. The van der Waals surface area contributed by atoms with Crippen molar-refractivity contribution in [1.82, 2.24) is 4.31 Å². The predicted octanol–water partition coefficient (Wildman–Crippen LogP) is 3.66. The van der Waals surface area contributed by atoms with Crippen LogP contribution in [-0.2, 0) is 15.8 Å². The van der Waals surface area contributed by atoms with Gasteiger partial charge in [-0.3, -0.25) is 0 Å². The Morgan fingerprint density at radius 1 is 1.05 bits per heavy atom. The first-order chi connectivity index (χ1) is 10.6. The third kappa shape index (κ3) is 3.35. The molecule has 2 aromatic rings. The van der Waals surface area contributed by atoms with Gasteiger partial charge in [0.2, 0.25) is 10.0 Å². The third-order valence-corrected chi connectivity index (χ3v) is 6.27. The highest BCUT2D eigenvalue weighted by molar-refractivity contribution is 7.88. The zero-order chi connectivity index (χ0) is 15.6. The molecular formula is C17H18ClNO2S. The number of nitrogens with zero attached hydrogens (tertiary/aromatic N) is 1. The Morgan fingerprint density at radius 2 is 1.73 bits per heavy atom. The van der Waals surface area contributed by atoms with E-state index in [0.29, 0.717) is 23.7 Å². The largest absolute Gasteiger partial charge is 0.218 e. The van der Waals surface area contributed by atoms with Gasteiger partial charge in [0, 0.05) is 18.1 Å². The van der Waals surface area contributed by atoms with Crippen LogP contribution in [0.25, 0.3) is 0 Å². The molecule has 0 bridgehead atoms. The standard InChI is InChI=1S/C17H18ClNO2S/c18-17-9-5-4-8-16(17)13-22(20,21)19-11-10-15(12-19)14-6-2-1-3-7-14/h1-9,15H,10-13H2/t15-/m1/s1. The lowest BCUT2D eigenvalue weighted by Crippen LogP contribution is -2.29. The fourth-order valence-corrected chi connectivity index (χ4v) is 4.78. The van der Waals surface area contributed by atoms with E-state index >= 15 is 0 Å². The molecule has 0 unspecified atom stereocenters. The van der Waals surface area contributed by atoms with Crippen LogP contribution >= 0.6 is 11.6 Å². The molecule has 0 N–H and O–H groups in total. The lowest BCUT2D eigenvalue weighted by Gasteiger charge is -2.17. The Hall–Kier alpha value is -1.36. The molecule has 1 fully saturated rings. The second-order valence-electron chi connectivity index (χ2n) is 5.60. The maximum Gasteiger partial charge on any atom is 0.218 e. The molecule has 1 aliphatic rings. The molecule has 1 heterocycles. The molecule has 1 saturated heterocycles. The number of hydrogen-bond donors (Lipinski definition) is 0. The summed E-state index contributed by atoms with van der Waals surface area (Å²) in [4.78, 5) is 0. The van der Waals surface area contributed by atoms with Gasteiger partial charge in [-0.2, -0.15) is 0 Å². The van der Waals surface area contributed by atoms with Gasteiger partial charge in [-0.1, -0.05) is 60.1 Å². The first kappa shape index (κ1) is 15.5. The smallest absolute Gasteiger partial charge is 0.212 e.